The molecule has 274 valence electrons. The summed E-state index contributed by atoms with van der Waals surface area (Å²) in [6.07, 6.45) is -3.60. The Balaban J connectivity index is 1.33. The molecule has 1 aliphatic carbocycles. The van der Waals surface area contributed by atoms with E-state index in [2.05, 4.69) is 15.6 Å². The van der Waals surface area contributed by atoms with Gasteiger partial charge in [0, 0.05) is 37.8 Å². The molecule has 10 nitrogen and oxygen atoms in total. The Labute approximate surface area is 296 Å². The predicted molar refractivity (Wildman–Crippen MR) is 183 cm³/mol. The average molecular weight is 751 g/mol. The first-order chi connectivity index (χ1) is 24.2. The van der Waals surface area contributed by atoms with Crippen LogP contribution >= 0.6 is 11.3 Å². The van der Waals surface area contributed by atoms with Crippen molar-refractivity contribution in [1.82, 2.24) is 19.9 Å². The molecule has 1 aromatic heterocycles. The van der Waals surface area contributed by atoms with Crippen LogP contribution in [-0.2, 0) is 19.6 Å². The van der Waals surface area contributed by atoms with Crippen LogP contribution in [0.15, 0.2) is 89.3 Å². The van der Waals surface area contributed by atoms with Gasteiger partial charge in [0.05, 0.1) is 40.9 Å². The Hall–Kier alpha value is -4.12. The summed E-state index contributed by atoms with van der Waals surface area (Å²) in [5, 5.41) is 15.0. The predicted octanol–water partition coefficient (Wildman–Crippen LogP) is 5.78. The highest BCUT2D eigenvalue weighted by molar-refractivity contribution is 7.89. The van der Waals surface area contributed by atoms with Crippen molar-refractivity contribution in [3.63, 3.8) is 0 Å². The van der Waals surface area contributed by atoms with E-state index >= 15 is 8.78 Å². The highest BCUT2D eigenvalue weighted by atomic mass is 32.2. The fraction of sp³-hybridized carbons (Fsp3) is 0.400. The topological polar surface area (TPSA) is 138 Å². The normalized spacial score (nSPS) is 16.1. The van der Waals surface area contributed by atoms with Crippen molar-refractivity contribution in [2.24, 2.45) is 5.92 Å². The number of amides is 2. The largest absolute Gasteiger partial charge is 0.453 e. The van der Waals surface area contributed by atoms with Gasteiger partial charge >= 0.3 is 6.09 Å². The number of fused-ring (bicyclic) bond motifs is 1. The number of hydrogen-bond donors (Lipinski definition) is 3. The maximum absolute atomic E-state index is 15.5. The van der Waals surface area contributed by atoms with E-state index in [4.69, 9.17) is 4.74 Å². The van der Waals surface area contributed by atoms with Crippen LogP contribution in [0.2, 0.25) is 0 Å². The number of methoxy groups -OCH3 is 1. The maximum Gasteiger partial charge on any atom is 0.407 e. The Morgan fingerprint density at radius 3 is 2.25 bits per heavy atom. The molecule has 5 rings (SSSR count). The zero-order valence-electron chi connectivity index (χ0n) is 27.6. The number of carbonyl (C=O) groups excluding carboxylic acids is 2. The van der Waals surface area contributed by atoms with Crippen molar-refractivity contribution in [1.29, 1.82) is 0 Å². The van der Waals surface area contributed by atoms with E-state index in [1.54, 1.807) is 60.7 Å². The molecule has 2 amide bonds. The van der Waals surface area contributed by atoms with Crippen LogP contribution in [0.1, 0.15) is 42.7 Å². The number of aliphatic hydroxyl groups excluding tert-OH is 1. The quantitative estimate of drug-likeness (QED) is 0.124. The summed E-state index contributed by atoms with van der Waals surface area (Å²) in [5.41, 5.74) is 3.33. The lowest BCUT2D eigenvalue weighted by molar-refractivity contribution is -0.125. The number of rotatable bonds is 16. The van der Waals surface area contributed by atoms with Crippen LogP contribution in [0.4, 0.5) is 22.4 Å². The molecule has 1 fully saturated rings. The molecule has 16 heteroatoms. The molecule has 0 radical (unpaired) electrons. The fourth-order valence-corrected chi connectivity index (χ4v) is 8.79. The minimum atomic E-state index is -4.43. The molecule has 4 aromatic rings. The van der Waals surface area contributed by atoms with Gasteiger partial charge in [-0.1, -0.05) is 60.7 Å². The molecule has 1 aliphatic rings. The summed E-state index contributed by atoms with van der Waals surface area (Å²) in [7, 11) is -3.33. The number of carbonyl (C=O) groups is 2. The third-order valence-electron chi connectivity index (χ3n) is 8.90. The van der Waals surface area contributed by atoms with E-state index in [-0.39, 0.29) is 4.90 Å². The molecule has 2 atom stereocenters. The molecule has 1 saturated carbocycles. The van der Waals surface area contributed by atoms with Gasteiger partial charge in [-0.15, -0.1) is 11.3 Å². The molecule has 0 aliphatic heterocycles. The minimum absolute atomic E-state index is 0.182. The molecule has 0 saturated heterocycles. The standard InChI is InChI=1S/C35H38F4N4O6S2/c1-49-33(46)42-31(30(24-8-4-2-5-9-24)25-10-6-3-7-11-25)32(45)40-21-34(36,37)15-14-26(20-44)43(19-23-17-35(38,39)18-23)51(47,48)27-12-13-28-29(16-27)50-22-41-28/h2-13,16,22-23,26,30-31,44H,14-15,17-21H2,1H3,(H,40,45)(H,42,46)/t26-,31-/m0/s1. The molecule has 1 heterocycles. The second-order valence-electron chi connectivity index (χ2n) is 12.5. The number of alkyl halides is 4. The minimum Gasteiger partial charge on any atom is -0.453 e. The first kappa shape index (κ1) is 38.1. The summed E-state index contributed by atoms with van der Waals surface area (Å²) in [6, 6.07) is 18.8. The van der Waals surface area contributed by atoms with E-state index < -0.39 is 103 Å². The van der Waals surface area contributed by atoms with E-state index in [1.807, 2.05) is 0 Å². The van der Waals surface area contributed by atoms with Crippen LogP contribution in [0.5, 0.6) is 0 Å². The monoisotopic (exact) mass is 750 g/mol. The number of thiazole rings is 1. The van der Waals surface area contributed by atoms with Crippen molar-refractivity contribution in [3.8, 4) is 0 Å². The highest BCUT2D eigenvalue weighted by Gasteiger charge is 2.48. The van der Waals surface area contributed by atoms with E-state index in [1.165, 1.54) is 35.0 Å². The Kier molecular flexibility index (Phi) is 12.0. The molecular weight excluding hydrogens is 713 g/mol. The summed E-state index contributed by atoms with van der Waals surface area (Å²) < 4.78 is 92.4. The van der Waals surface area contributed by atoms with Gasteiger partial charge in [-0.2, -0.15) is 4.31 Å². The summed E-state index contributed by atoms with van der Waals surface area (Å²) >= 11 is 1.19. The summed E-state index contributed by atoms with van der Waals surface area (Å²) in [5.74, 6) is -9.01. The number of aliphatic hydroxyl groups is 1. The van der Waals surface area contributed by atoms with Gasteiger partial charge in [0.15, 0.2) is 0 Å². The summed E-state index contributed by atoms with van der Waals surface area (Å²) in [6.45, 7) is -2.43. The first-order valence-corrected chi connectivity index (χ1v) is 18.5. The van der Waals surface area contributed by atoms with Gasteiger partial charge in [-0.25, -0.2) is 35.8 Å². The molecular formula is C35H38F4N4O6S2. The number of alkyl carbamates (subject to hydrolysis) is 1. The number of hydrogen-bond acceptors (Lipinski definition) is 8. The van der Waals surface area contributed by atoms with Gasteiger partial charge in [0.2, 0.25) is 21.9 Å². The van der Waals surface area contributed by atoms with Crippen LogP contribution in [-0.4, -0.2) is 85.5 Å². The Morgan fingerprint density at radius 2 is 1.69 bits per heavy atom. The second-order valence-corrected chi connectivity index (χ2v) is 15.3. The lowest BCUT2D eigenvalue weighted by Crippen LogP contribution is -2.52. The van der Waals surface area contributed by atoms with Crippen molar-refractivity contribution in [2.75, 3.05) is 26.8 Å². The number of halogens is 4. The number of nitrogens with one attached hydrogen (secondary N) is 2. The second kappa shape index (κ2) is 16.0. The summed E-state index contributed by atoms with van der Waals surface area (Å²) in [4.78, 5) is 29.9. The SMILES string of the molecule is COC(=O)N[C@H](C(=O)NCC(F)(F)CC[C@@H](CO)N(CC1CC(F)(F)C1)S(=O)(=O)c1ccc2ncsc2c1)C(c1ccccc1)c1ccccc1. The number of nitrogens with zero attached hydrogens (tertiary/aromatic N) is 2. The van der Waals surface area contributed by atoms with E-state index in [0.29, 0.717) is 21.3 Å². The van der Waals surface area contributed by atoms with Crippen LogP contribution in [0.25, 0.3) is 10.2 Å². The zero-order chi connectivity index (χ0) is 36.8. The molecule has 3 aromatic carbocycles. The van der Waals surface area contributed by atoms with Crippen LogP contribution in [0, 0.1) is 5.92 Å². The molecule has 3 N–H and O–H groups in total. The Morgan fingerprint density at radius 1 is 1.06 bits per heavy atom. The van der Waals surface area contributed by atoms with E-state index in [9.17, 15) is 31.9 Å². The third-order valence-corrected chi connectivity index (χ3v) is 11.6. The molecule has 0 spiro atoms. The molecule has 0 bridgehead atoms. The van der Waals surface area contributed by atoms with Gasteiger partial charge < -0.3 is 20.5 Å². The van der Waals surface area contributed by atoms with Crippen molar-refractivity contribution >= 4 is 43.6 Å². The number of benzene rings is 3. The maximum atomic E-state index is 15.5. The molecule has 0 unspecified atom stereocenters. The number of ether oxygens (including phenoxy) is 1. The van der Waals surface area contributed by atoms with Crippen LogP contribution in [0.3, 0.4) is 0 Å². The highest BCUT2D eigenvalue weighted by Crippen LogP contribution is 2.44. The van der Waals surface area contributed by atoms with Gasteiger partial charge in [-0.05, 0) is 41.7 Å². The zero-order valence-corrected chi connectivity index (χ0v) is 29.2. The van der Waals surface area contributed by atoms with Gasteiger partial charge in [-0.3, -0.25) is 4.79 Å². The third kappa shape index (κ3) is 9.41. The van der Waals surface area contributed by atoms with Crippen molar-refractivity contribution in [3.05, 3.63) is 95.5 Å². The lowest BCUT2D eigenvalue weighted by Gasteiger charge is -2.40. The van der Waals surface area contributed by atoms with Gasteiger partial charge in [0.25, 0.3) is 5.92 Å². The average Bonchev–Trinajstić information content (AvgIpc) is 3.58. The van der Waals surface area contributed by atoms with Crippen molar-refractivity contribution < 1.29 is 45.4 Å². The number of sulfonamides is 1. The van der Waals surface area contributed by atoms with E-state index in [0.717, 1.165) is 11.4 Å². The number of aromatic nitrogens is 1. The van der Waals surface area contributed by atoms with Crippen LogP contribution < -0.4 is 10.6 Å². The Bertz CT molecular complexity index is 1850. The smallest absolute Gasteiger partial charge is 0.407 e. The first-order valence-electron chi connectivity index (χ1n) is 16.2. The van der Waals surface area contributed by atoms with Gasteiger partial charge in [0.1, 0.15) is 6.04 Å². The lowest BCUT2D eigenvalue weighted by atomic mass is 9.81. The fourth-order valence-electron chi connectivity index (χ4n) is 6.25. The van der Waals surface area contributed by atoms with Crippen molar-refractivity contribution in [2.45, 2.75) is 60.4 Å². The molecule has 51 heavy (non-hydrogen) atoms.